The van der Waals surface area contributed by atoms with Crippen LogP contribution in [0.3, 0.4) is 0 Å². The summed E-state index contributed by atoms with van der Waals surface area (Å²) in [6, 6.07) is 0.148. The molecule has 0 saturated carbocycles. The molecule has 1 heterocycles. The van der Waals surface area contributed by atoms with Gasteiger partial charge in [0.25, 0.3) is 0 Å². The minimum Gasteiger partial charge on any atom is -0.488 e. The van der Waals surface area contributed by atoms with E-state index in [0.29, 0.717) is 38.4 Å². The van der Waals surface area contributed by atoms with Crippen molar-refractivity contribution in [3.8, 4) is 0 Å². The topological polar surface area (TPSA) is 65.1 Å². The summed E-state index contributed by atoms with van der Waals surface area (Å²) in [4.78, 5) is 27.1. The molecule has 0 aromatic heterocycles. The molecule has 6 nitrogen and oxygen atoms in total. The predicted octanol–water partition coefficient (Wildman–Crippen LogP) is 9.11. The molecule has 0 bridgehead atoms. The van der Waals surface area contributed by atoms with Crippen LogP contribution >= 0.6 is 0 Å². The first-order valence-corrected chi connectivity index (χ1v) is 17.2. The number of nitrogens with zero attached hydrogens (tertiary/aromatic N) is 1. The van der Waals surface area contributed by atoms with Gasteiger partial charge in [-0.15, -0.1) is 6.58 Å². The fourth-order valence-corrected chi connectivity index (χ4v) is 5.86. The van der Waals surface area contributed by atoms with Gasteiger partial charge >= 0.3 is 5.97 Å². The molecule has 0 radical (unpaired) electrons. The number of hydrogen-bond acceptors (Lipinski definition) is 5. The Hall–Kier alpha value is -2.30. The lowest BCUT2D eigenvalue weighted by molar-refractivity contribution is -0.145. The van der Waals surface area contributed by atoms with Gasteiger partial charge in [0.2, 0.25) is 5.91 Å². The van der Waals surface area contributed by atoms with E-state index in [1.165, 1.54) is 63.9 Å². The second-order valence-electron chi connectivity index (χ2n) is 12.3. The molecule has 1 aliphatic rings. The standard InChI is InChI=1S/C37H63NO5/c1-7-12-14-16-18-20-24-41-29-32(9-3)26-33(28-37(40)42-25-21-19-17-15-13-8-2)27-35(10-4)43-30-34-23-22-31(6)38(34)36(39)11-5/h9,11,31-34H,3-5,7-8,12-30H2,1-2,6H3/t31-,32?,33?,34+/m1/s1. The Kier molecular flexibility index (Phi) is 22.6. The molecule has 1 amide bonds. The van der Waals surface area contributed by atoms with Crippen molar-refractivity contribution >= 4 is 11.9 Å². The fourth-order valence-electron chi connectivity index (χ4n) is 5.86. The summed E-state index contributed by atoms with van der Waals surface area (Å²) < 4.78 is 17.8. The molecule has 0 spiro atoms. The molecular weight excluding hydrogens is 538 g/mol. The SMILES string of the molecule is C=C=C(CC(CC(=O)OCCCCCCCC)CC(C=C)COCCCCCCCC)OC[C@@H]1CC[C@@H](C)N1C(=O)C=C. The predicted molar refractivity (Wildman–Crippen MR) is 178 cm³/mol. The molecule has 2 unspecified atom stereocenters. The Morgan fingerprint density at radius 3 is 2.12 bits per heavy atom. The Labute approximate surface area is 264 Å². The molecule has 0 aliphatic carbocycles. The first-order chi connectivity index (χ1) is 20.9. The van der Waals surface area contributed by atoms with E-state index in [0.717, 1.165) is 45.1 Å². The second-order valence-corrected chi connectivity index (χ2v) is 12.3. The molecule has 1 rings (SSSR count). The molecular formula is C37H63NO5. The summed E-state index contributed by atoms with van der Waals surface area (Å²) in [6.07, 6.45) is 21.0. The van der Waals surface area contributed by atoms with Gasteiger partial charge in [0, 0.05) is 31.4 Å². The monoisotopic (exact) mass is 601 g/mol. The maximum Gasteiger partial charge on any atom is 0.306 e. The molecule has 1 aliphatic heterocycles. The highest BCUT2D eigenvalue weighted by Gasteiger charge is 2.33. The van der Waals surface area contributed by atoms with Gasteiger partial charge in [-0.05, 0) is 51.0 Å². The quantitative estimate of drug-likeness (QED) is 0.0235. The molecule has 0 N–H and O–H groups in total. The third-order valence-corrected chi connectivity index (χ3v) is 8.50. The van der Waals surface area contributed by atoms with E-state index < -0.39 is 0 Å². The fraction of sp³-hybridized carbons (Fsp3) is 0.757. The number of rotatable bonds is 27. The summed E-state index contributed by atoms with van der Waals surface area (Å²) in [5.41, 5.74) is 2.96. The van der Waals surface area contributed by atoms with E-state index in [-0.39, 0.29) is 35.8 Å². The number of esters is 1. The van der Waals surface area contributed by atoms with Crippen molar-refractivity contribution in [1.82, 2.24) is 4.90 Å². The second kappa shape index (κ2) is 25.1. The lowest BCUT2D eigenvalue weighted by Crippen LogP contribution is -2.41. The van der Waals surface area contributed by atoms with Crippen molar-refractivity contribution in [3.05, 3.63) is 43.4 Å². The van der Waals surface area contributed by atoms with Gasteiger partial charge in [-0.3, -0.25) is 9.59 Å². The smallest absolute Gasteiger partial charge is 0.306 e. The third-order valence-electron chi connectivity index (χ3n) is 8.50. The van der Waals surface area contributed by atoms with Gasteiger partial charge in [0.05, 0.1) is 19.3 Å². The Morgan fingerprint density at radius 1 is 0.884 bits per heavy atom. The average molecular weight is 602 g/mol. The largest absolute Gasteiger partial charge is 0.488 e. The highest BCUT2D eigenvalue weighted by molar-refractivity contribution is 5.87. The van der Waals surface area contributed by atoms with Gasteiger partial charge in [-0.2, -0.15) is 0 Å². The van der Waals surface area contributed by atoms with E-state index >= 15 is 0 Å². The summed E-state index contributed by atoms with van der Waals surface area (Å²) in [5.74, 6) is 0.484. The van der Waals surface area contributed by atoms with Crippen molar-refractivity contribution in [3.63, 3.8) is 0 Å². The molecule has 4 atom stereocenters. The number of unbranched alkanes of at least 4 members (excludes halogenated alkanes) is 10. The van der Waals surface area contributed by atoms with Crippen molar-refractivity contribution in [2.45, 2.75) is 142 Å². The molecule has 1 saturated heterocycles. The summed E-state index contributed by atoms with van der Waals surface area (Å²) in [5, 5.41) is 0. The molecule has 0 aromatic rings. The number of ether oxygens (including phenoxy) is 3. The highest BCUT2D eigenvalue weighted by Crippen LogP contribution is 2.28. The van der Waals surface area contributed by atoms with Gasteiger partial charge in [0.1, 0.15) is 12.4 Å². The minimum atomic E-state index is -0.176. The van der Waals surface area contributed by atoms with Gasteiger partial charge in [-0.1, -0.05) is 103 Å². The van der Waals surface area contributed by atoms with E-state index in [9.17, 15) is 9.59 Å². The number of allylic oxidation sites excluding steroid dienone is 1. The first kappa shape index (κ1) is 38.7. The minimum absolute atomic E-state index is 0.0131. The van der Waals surface area contributed by atoms with E-state index in [2.05, 4.69) is 46.2 Å². The van der Waals surface area contributed by atoms with Crippen molar-refractivity contribution in [2.75, 3.05) is 26.4 Å². The number of carbonyl (C=O) groups is 2. The van der Waals surface area contributed by atoms with Gasteiger partial charge in [0.15, 0.2) is 0 Å². The van der Waals surface area contributed by atoms with Crippen LogP contribution in [0, 0.1) is 11.8 Å². The summed E-state index contributed by atoms with van der Waals surface area (Å²) in [7, 11) is 0. The van der Waals surface area contributed by atoms with E-state index in [4.69, 9.17) is 14.2 Å². The maximum absolute atomic E-state index is 12.9. The van der Waals surface area contributed by atoms with Crippen LogP contribution in [0.2, 0.25) is 0 Å². The van der Waals surface area contributed by atoms with Crippen molar-refractivity contribution in [1.29, 1.82) is 0 Å². The first-order valence-electron chi connectivity index (χ1n) is 17.2. The molecule has 43 heavy (non-hydrogen) atoms. The average Bonchev–Trinajstić information content (AvgIpc) is 3.38. The highest BCUT2D eigenvalue weighted by atomic mass is 16.5. The maximum atomic E-state index is 12.9. The normalized spacial score (nSPS) is 17.6. The zero-order valence-corrected chi connectivity index (χ0v) is 27.9. The summed E-state index contributed by atoms with van der Waals surface area (Å²) in [6.45, 7) is 20.3. The number of likely N-dealkylation sites (tertiary alicyclic amines) is 1. The lowest BCUT2D eigenvalue weighted by atomic mass is 9.89. The van der Waals surface area contributed by atoms with Crippen molar-refractivity contribution in [2.24, 2.45) is 11.8 Å². The Bertz CT molecular complexity index is 833. The molecule has 0 aromatic carbocycles. The number of carbonyl (C=O) groups excluding carboxylic acids is 2. The molecule has 1 fully saturated rings. The van der Waals surface area contributed by atoms with Crippen LogP contribution in [0.15, 0.2) is 43.4 Å². The summed E-state index contributed by atoms with van der Waals surface area (Å²) >= 11 is 0. The van der Waals surface area contributed by atoms with Crippen LogP contribution in [0.25, 0.3) is 0 Å². The lowest BCUT2D eigenvalue weighted by Gasteiger charge is -2.28. The Balaban J connectivity index is 2.70. The van der Waals surface area contributed by atoms with Crippen LogP contribution in [-0.2, 0) is 23.8 Å². The van der Waals surface area contributed by atoms with Crippen LogP contribution in [-0.4, -0.2) is 55.3 Å². The molecule has 246 valence electrons. The van der Waals surface area contributed by atoms with Gasteiger partial charge in [-0.25, -0.2) is 0 Å². The number of amides is 1. The molecule has 6 heteroatoms. The Morgan fingerprint density at radius 2 is 1.51 bits per heavy atom. The van der Waals surface area contributed by atoms with Crippen molar-refractivity contribution < 1.29 is 23.8 Å². The third kappa shape index (κ3) is 17.6. The zero-order chi connectivity index (χ0) is 31.7. The van der Waals surface area contributed by atoms with Crippen LogP contribution in [0.1, 0.15) is 130 Å². The van der Waals surface area contributed by atoms with Crippen LogP contribution in [0.5, 0.6) is 0 Å². The van der Waals surface area contributed by atoms with Gasteiger partial charge < -0.3 is 19.1 Å². The van der Waals surface area contributed by atoms with Crippen LogP contribution < -0.4 is 0 Å². The van der Waals surface area contributed by atoms with E-state index in [1.807, 2.05) is 11.0 Å². The van der Waals surface area contributed by atoms with E-state index in [1.54, 1.807) is 0 Å². The van der Waals surface area contributed by atoms with Crippen LogP contribution in [0.4, 0.5) is 0 Å². The zero-order valence-electron chi connectivity index (χ0n) is 27.9. The number of hydrogen-bond donors (Lipinski definition) is 0.